The SMILES string of the molecule is CCCOC(=O)/C(C)=C/c1ccccc1. The molecule has 1 aromatic rings. The molecule has 0 saturated carbocycles. The number of carbonyl (C=O) groups excluding carboxylic acids is 1. The van der Waals surface area contributed by atoms with Crippen molar-refractivity contribution in [3.8, 4) is 0 Å². The van der Waals surface area contributed by atoms with Crippen LogP contribution in [0.2, 0.25) is 0 Å². The molecule has 2 nitrogen and oxygen atoms in total. The Morgan fingerprint density at radius 2 is 2.00 bits per heavy atom. The Bertz CT molecular complexity index is 339. The predicted molar refractivity (Wildman–Crippen MR) is 61.3 cm³/mol. The number of carbonyl (C=O) groups is 1. The first-order valence-corrected chi connectivity index (χ1v) is 5.14. The molecule has 0 radical (unpaired) electrons. The average Bonchev–Trinajstić information content (AvgIpc) is 2.27. The zero-order chi connectivity index (χ0) is 11.1. The van der Waals surface area contributed by atoms with Crippen molar-refractivity contribution in [1.82, 2.24) is 0 Å². The van der Waals surface area contributed by atoms with Gasteiger partial charge < -0.3 is 4.74 Å². The number of hydrogen-bond acceptors (Lipinski definition) is 2. The van der Waals surface area contributed by atoms with Gasteiger partial charge in [-0.3, -0.25) is 0 Å². The molecule has 0 aliphatic carbocycles. The molecule has 0 saturated heterocycles. The van der Waals surface area contributed by atoms with E-state index >= 15 is 0 Å². The molecule has 0 aliphatic heterocycles. The third-order valence-electron chi connectivity index (χ3n) is 1.94. The van der Waals surface area contributed by atoms with Gasteiger partial charge >= 0.3 is 5.97 Å². The second-order valence-corrected chi connectivity index (χ2v) is 3.37. The number of ether oxygens (including phenoxy) is 1. The van der Waals surface area contributed by atoms with Gasteiger partial charge in [0.05, 0.1) is 6.61 Å². The topological polar surface area (TPSA) is 26.3 Å². The third-order valence-corrected chi connectivity index (χ3v) is 1.94. The van der Waals surface area contributed by atoms with Crippen molar-refractivity contribution < 1.29 is 9.53 Å². The molecular formula is C13H16O2. The molecule has 0 heterocycles. The lowest BCUT2D eigenvalue weighted by atomic mass is 10.1. The van der Waals surface area contributed by atoms with E-state index < -0.39 is 0 Å². The highest BCUT2D eigenvalue weighted by molar-refractivity contribution is 5.92. The maximum atomic E-state index is 11.4. The third kappa shape index (κ3) is 3.98. The van der Waals surface area contributed by atoms with Crippen LogP contribution in [0.25, 0.3) is 6.08 Å². The Hall–Kier alpha value is -1.57. The van der Waals surface area contributed by atoms with E-state index in [1.54, 1.807) is 6.92 Å². The first-order valence-electron chi connectivity index (χ1n) is 5.14. The number of esters is 1. The Morgan fingerprint density at radius 1 is 1.33 bits per heavy atom. The molecular weight excluding hydrogens is 188 g/mol. The zero-order valence-corrected chi connectivity index (χ0v) is 9.19. The summed E-state index contributed by atoms with van der Waals surface area (Å²) >= 11 is 0. The summed E-state index contributed by atoms with van der Waals surface area (Å²) in [6, 6.07) is 9.74. The molecule has 2 heteroatoms. The van der Waals surface area contributed by atoms with Gasteiger partial charge in [-0.2, -0.15) is 0 Å². The maximum absolute atomic E-state index is 11.4. The van der Waals surface area contributed by atoms with E-state index in [0.717, 1.165) is 12.0 Å². The Morgan fingerprint density at radius 3 is 2.60 bits per heavy atom. The summed E-state index contributed by atoms with van der Waals surface area (Å²) in [7, 11) is 0. The monoisotopic (exact) mass is 204 g/mol. The fraction of sp³-hybridized carbons (Fsp3) is 0.308. The van der Waals surface area contributed by atoms with Crippen molar-refractivity contribution in [3.63, 3.8) is 0 Å². The van der Waals surface area contributed by atoms with Gasteiger partial charge in [0, 0.05) is 5.57 Å². The Labute approximate surface area is 90.6 Å². The average molecular weight is 204 g/mol. The number of rotatable bonds is 4. The molecule has 0 spiro atoms. The highest BCUT2D eigenvalue weighted by atomic mass is 16.5. The van der Waals surface area contributed by atoms with E-state index in [4.69, 9.17) is 4.74 Å². The van der Waals surface area contributed by atoms with E-state index in [-0.39, 0.29) is 5.97 Å². The van der Waals surface area contributed by atoms with Crippen LogP contribution in [-0.4, -0.2) is 12.6 Å². The number of benzene rings is 1. The highest BCUT2D eigenvalue weighted by Gasteiger charge is 2.04. The van der Waals surface area contributed by atoms with E-state index in [2.05, 4.69) is 0 Å². The summed E-state index contributed by atoms with van der Waals surface area (Å²) in [5, 5.41) is 0. The fourth-order valence-electron chi connectivity index (χ4n) is 1.17. The standard InChI is InChI=1S/C13H16O2/c1-3-9-15-13(14)11(2)10-12-7-5-4-6-8-12/h4-8,10H,3,9H2,1-2H3/b11-10+. The van der Waals surface area contributed by atoms with Gasteiger partial charge in [-0.15, -0.1) is 0 Å². The lowest BCUT2D eigenvalue weighted by Crippen LogP contribution is -2.06. The molecule has 1 aromatic carbocycles. The van der Waals surface area contributed by atoms with Crippen molar-refractivity contribution in [2.75, 3.05) is 6.61 Å². The summed E-state index contributed by atoms with van der Waals surface area (Å²) in [5.74, 6) is -0.235. The lowest BCUT2D eigenvalue weighted by Gasteiger charge is -2.02. The molecule has 0 aliphatic rings. The normalized spacial score (nSPS) is 11.2. The van der Waals surface area contributed by atoms with E-state index in [1.807, 2.05) is 43.3 Å². The minimum absolute atomic E-state index is 0.235. The fourth-order valence-corrected chi connectivity index (χ4v) is 1.17. The Kier molecular flexibility index (Phi) is 4.61. The smallest absolute Gasteiger partial charge is 0.333 e. The second kappa shape index (κ2) is 6.02. The van der Waals surface area contributed by atoms with Crippen LogP contribution in [0.4, 0.5) is 0 Å². The zero-order valence-electron chi connectivity index (χ0n) is 9.19. The van der Waals surface area contributed by atoms with Crippen LogP contribution < -0.4 is 0 Å². The maximum Gasteiger partial charge on any atom is 0.333 e. The molecule has 0 aromatic heterocycles. The summed E-state index contributed by atoms with van der Waals surface area (Å²) in [5.41, 5.74) is 1.65. The number of hydrogen-bond donors (Lipinski definition) is 0. The molecule has 0 amide bonds. The molecule has 0 unspecified atom stereocenters. The van der Waals surface area contributed by atoms with Gasteiger partial charge in [-0.05, 0) is 25.0 Å². The molecule has 15 heavy (non-hydrogen) atoms. The van der Waals surface area contributed by atoms with Crippen LogP contribution in [0.1, 0.15) is 25.8 Å². The van der Waals surface area contributed by atoms with Gasteiger partial charge in [0.25, 0.3) is 0 Å². The summed E-state index contributed by atoms with van der Waals surface area (Å²) < 4.78 is 5.02. The van der Waals surface area contributed by atoms with Crippen LogP contribution in [0.3, 0.4) is 0 Å². The van der Waals surface area contributed by atoms with E-state index in [1.165, 1.54) is 0 Å². The lowest BCUT2D eigenvalue weighted by molar-refractivity contribution is -0.138. The summed E-state index contributed by atoms with van der Waals surface area (Å²) in [6.07, 6.45) is 2.68. The quantitative estimate of drug-likeness (QED) is 0.556. The van der Waals surface area contributed by atoms with Gasteiger partial charge in [-0.25, -0.2) is 4.79 Å². The van der Waals surface area contributed by atoms with Crippen LogP contribution in [0.5, 0.6) is 0 Å². The largest absolute Gasteiger partial charge is 0.462 e. The van der Waals surface area contributed by atoms with Crippen LogP contribution >= 0.6 is 0 Å². The van der Waals surface area contributed by atoms with Gasteiger partial charge in [0.2, 0.25) is 0 Å². The first-order chi connectivity index (χ1) is 7.24. The van der Waals surface area contributed by atoms with Gasteiger partial charge in [0.1, 0.15) is 0 Å². The molecule has 0 N–H and O–H groups in total. The highest BCUT2D eigenvalue weighted by Crippen LogP contribution is 2.07. The van der Waals surface area contributed by atoms with Crippen molar-refractivity contribution in [1.29, 1.82) is 0 Å². The molecule has 80 valence electrons. The second-order valence-electron chi connectivity index (χ2n) is 3.37. The first kappa shape index (κ1) is 11.5. The van der Waals surface area contributed by atoms with Crippen molar-refractivity contribution in [2.45, 2.75) is 20.3 Å². The minimum Gasteiger partial charge on any atom is -0.462 e. The van der Waals surface area contributed by atoms with Crippen LogP contribution in [-0.2, 0) is 9.53 Å². The summed E-state index contributed by atoms with van der Waals surface area (Å²) in [6.45, 7) is 4.23. The predicted octanol–water partition coefficient (Wildman–Crippen LogP) is 3.04. The summed E-state index contributed by atoms with van der Waals surface area (Å²) in [4.78, 5) is 11.4. The van der Waals surface area contributed by atoms with Crippen molar-refractivity contribution in [3.05, 3.63) is 41.5 Å². The molecule has 0 atom stereocenters. The van der Waals surface area contributed by atoms with Gasteiger partial charge in [0.15, 0.2) is 0 Å². The van der Waals surface area contributed by atoms with Crippen molar-refractivity contribution >= 4 is 12.0 Å². The molecule has 0 fully saturated rings. The van der Waals surface area contributed by atoms with Crippen LogP contribution in [0, 0.1) is 0 Å². The Balaban J connectivity index is 2.63. The molecule has 1 rings (SSSR count). The van der Waals surface area contributed by atoms with E-state index in [9.17, 15) is 4.79 Å². The van der Waals surface area contributed by atoms with Crippen molar-refractivity contribution in [2.24, 2.45) is 0 Å². The van der Waals surface area contributed by atoms with E-state index in [0.29, 0.717) is 12.2 Å². The molecule has 0 bridgehead atoms. The van der Waals surface area contributed by atoms with Crippen LogP contribution in [0.15, 0.2) is 35.9 Å². The van der Waals surface area contributed by atoms with Gasteiger partial charge in [-0.1, -0.05) is 37.3 Å². The minimum atomic E-state index is -0.235.